The summed E-state index contributed by atoms with van der Waals surface area (Å²) in [4.78, 5) is 25.4. The van der Waals surface area contributed by atoms with Crippen LogP contribution < -0.4 is 10.6 Å². The smallest absolute Gasteiger partial charge is 0.337 e. The third-order valence-corrected chi connectivity index (χ3v) is 6.25. The van der Waals surface area contributed by atoms with E-state index in [1.807, 2.05) is 54.6 Å². The standard InChI is InChI=1S/C27H24N2O3/c1-32-27(31)19-13-11-18(12-14-19)26-25-23(28-21-9-5-6-10-22(21)29-26)15-20(16-24(25)30)17-7-3-2-4-8-17/h2-14,20,26,28-29H,15-16H2,1H3/t20-,26-/m1/s1. The van der Waals surface area contributed by atoms with Crippen molar-refractivity contribution >= 4 is 23.1 Å². The minimum Gasteiger partial charge on any atom is -0.465 e. The molecule has 3 aromatic carbocycles. The molecule has 0 unspecified atom stereocenters. The zero-order chi connectivity index (χ0) is 22.1. The fourth-order valence-electron chi connectivity index (χ4n) is 4.63. The largest absolute Gasteiger partial charge is 0.465 e. The molecule has 5 heteroatoms. The average molecular weight is 425 g/mol. The minimum atomic E-state index is -0.378. The molecule has 0 fully saturated rings. The van der Waals surface area contributed by atoms with Crippen molar-refractivity contribution in [3.8, 4) is 0 Å². The van der Waals surface area contributed by atoms with Crippen LogP contribution in [0.1, 0.15) is 46.3 Å². The number of para-hydroxylation sites is 2. The van der Waals surface area contributed by atoms with E-state index in [1.54, 1.807) is 12.1 Å². The SMILES string of the molecule is COC(=O)c1ccc([C@H]2Nc3ccccc3NC3=C2C(=O)C[C@H](c2ccccc2)C3)cc1. The molecule has 1 aliphatic heterocycles. The summed E-state index contributed by atoms with van der Waals surface area (Å²) < 4.78 is 4.82. The number of hydrogen-bond donors (Lipinski definition) is 2. The van der Waals surface area contributed by atoms with Crippen LogP contribution in [0.25, 0.3) is 0 Å². The third kappa shape index (κ3) is 3.66. The Morgan fingerprint density at radius 2 is 1.53 bits per heavy atom. The number of nitrogens with one attached hydrogen (secondary N) is 2. The van der Waals surface area contributed by atoms with Crippen LogP contribution in [-0.2, 0) is 9.53 Å². The van der Waals surface area contributed by atoms with Gasteiger partial charge in [0.2, 0.25) is 0 Å². The molecule has 0 saturated carbocycles. The summed E-state index contributed by atoms with van der Waals surface area (Å²) in [5.41, 5.74) is 6.20. The maximum atomic E-state index is 13.5. The molecule has 0 spiro atoms. The van der Waals surface area contributed by atoms with Crippen LogP contribution in [0.15, 0.2) is 90.1 Å². The lowest BCUT2D eigenvalue weighted by atomic mass is 9.78. The van der Waals surface area contributed by atoms with Crippen LogP contribution in [-0.4, -0.2) is 18.9 Å². The summed E-state index contributed by atoms with van der Waals surface area (Å²) in [6.45, 7) is 0. The Morgan fingerprint density at radius 3 is 2.25 bits per heavy atom. The molecule has 1 heterocycles. The van der Waals surface area contributed by atoms with E-state index in [0.717, 1.165) is 34.6 Å². The molecular formula is C27H24N2O3. The lowest BCUT2D eigenvalue weighted by molar-refractivity contribution is -0.116. The molecule has 32 heavy (non-hydrogen) atoms. The fraction of sp³-hybridized carbons (Fsp3) is 0.185. The van der Waals surface area contributed by atoms with Gasteiger partial charge in [0.05, 0.1) is 30.1 Å². The average Bonchev–Trinajstić information content (AvgIpc) is 3.01. The van der Waals surface area contributed by atoms with Gasteiger partial charge in [0, 0.05) is 17.7 Å². The number of ketones is 1. The van der Waals surface area contributed by atoms with Crippen LogP contribution in [0.3, 0.4) is 0 Å². The van der Waals surface area contributed by atoms with Gasteiger partial charge in [-0.05, 0) is 47.7 Å². The Labute approximate surface area is 187 Å². The predicted octanol–water partition coefficient (Wildman–Crippen LogP) is 5.45. The number of allylic oxidation sites excluding steroid dienone is 1. The number of rotatable bonds is 3. The Bertz CT molecular complexity index is 1200. The summed E-state index contributed by atoms with van der Waals surface area (Å²) in [5.74, 6) is -0.103. The van der Waals surface area contributed by atoms with Gasteiger partial charge in [-0.2, -0.15) is 0 Å². The van der Waals surface area contributed by atoms with Gasteiger partial charge >= 0.3 is 5.97 Å². The van der Waals surface area contributed by atoms with Gasteiger partial charge in [-0.15, -0.1) is 0 Å². The Kier molecular flexibility index (Phi) is 5.23. The van der Waals surface area contributed by atoms with Crippen molar-refractivity contribution < 1.29 is 14.3 Å². The quantitative estimate of drug-likeness (QED) is 0.547. The number of benzene rings is 3. The first kappa shape index (κ1) is 20.1. The van der Waals surface area contributed by atoms with Crippen molar-refractivity contribution in [3.63, 3.8) is 0 Å². The number of anilines is 2. The molecule has 1 aliphatic carbocycles. The fourth-order valence-corrected chi connectivity index (χ4v) is 4.63. The summed E-state index contributed by atoms with van der Waals surface area (Å²) in [6, 6.07) is 25.2. The summed E-state index contributed by atoms with van der Waals surface area (Å²) in [5, 5.41) is 7.12. The molecule has 3 aromatic rings. The van der Waals surface area contributed by atoms with Gasteiger partial charge in [-0.3, -0.25) is 4.79 Å². The Balaban J connectivity index is 1.58. The van der Waals surface area contributed by atoms with Crippen molar-refractivity contribution in [2.75, 3.05) is 17.7 Å². The monoisotopic (exact) mass is 424 g/mol. The summed E-state index contributed by atoms with van der Waals surface area (Å²) >= 11 is 0. The topological polar surface area (TPSA) is 67.4 Å². The van der Waals surface area contributed by atoms with Crippen LogP contribution in [0, 0.1) is 0 Å². The summed E-state index contributed by atoms with van der Waals surface area (Å²) in [6.07, 6.45) is 1.23. The lowest BCUT2D eigenvalue weighted by Crippen LogP contribution is -2.26. The minimum absolute atomic E-state index is 0.134. The van der Waals surface area contributed by atoms with Gasteiger partial charge in [0.25, 0.3) is 0 Å². The molecule has 5 nitrogen and oxygen atoms in total. The molecule has 2 N–H and O–H groups in total. The van der Waals surface area contributed by atoms with Crippen LogP contribution in [0.5, 0.6) is 0 Å². The van der Waals surface area contributed by atoms with E-state index in [-0.39, 0.29) is 23.7 Å². The molecule has 0 bridgehead atoms. The second-order valence-corrected chi connectivity index (χ2v) is 8.19. The van der Waals surface area contributed by atoms with Crippen LogP contribution >= 0.6 is 0 Å². The van der Waals surface area contributed by atoms with Crippen molar-refractivity contribution in [2.45, 2.75) is 24.8 Å². The van der Waals surface area contributed by atoms with Crippen LogP contribution in [0.4, 0.5) is 11.4 Å². The number of carbonyl (C=O) groups is 2. The molecule has 0 saturated heterocycles. The number of carbonyl (C=O) groups excluding carboxylic acids is 2. The second-order valence-electron chi connectivity index (χ2n) is 8.19. The third-order valence-electron chi connectivity index (χ3n) is 6.25. The van der Waals surface area contributed by atoms with E-state index in [2.05, 4.69) is 22.8 Å². The van der Waals surface area contributed by atoms with Crippen LogP contribution in [0.2, 0.25) is 0 Å². The molecule has 0 aromatic heterocycles. The number of methoxy groups -OCH3 is 1. The Hall–Kier alpha value is -3.86. The molecule has 0 radical (unpaired) electrons. The number of Topliss-reactive ketones (excluding diaryl/α,β-unsaturated/α-hetero) is 1. The van der Waals surface area contributed by atoms with E-state index in [1.165, 1.54) is 12.7 Å². The first-order valence-corrected chi connectivity index (χ1v) is 10.8. The predicted molar refractivity (Wildman–Crippen MR) is 125 cm³/mol. The zero-order valence-electron chi connectivity index (χ0n) is 17.8. The lowest BCUT2D eigenvalue weighted by Gasteiger charge is -2.30. The Morgan fingerprint density at radius 1 is 0.844 bits per heavy atom. The molecule has 2 aliphatic rings. The molecule has 160 valence electrons. The van der Waals surface area contributed by atoms with E-state index in [9.17, 15) is 9.59 Å². The molecular weight excluding hydrogens is 400 g/mol. The molecule has 5 rings (SSSR count). The molecule has 2 atom stereocenters. The highest BCUT2D eigenvalue weighted by atomic mass is 16.5. The molecule has 0 amide bonds. The number of hydrogen-bond acceptors (Lipinski definition) is 5. The number of esters is 1. The maximum absolute atomic E-state index is 13.5. The van der Waals surface area contributed by atoms with Gasteiger partial charge in [-0.25, -0.2) is 4.79 Å². The number of ether oxygens (including phenoxy) is 1. The zero-order valence-corrected chi connectivity index (χ0v) is 17.8. The van der Waals surface area contributed by atoms with Crippen molar-refractivity contribution in [1.82, 2.24) is 0 Å². The van der Waals surface area contributed by atoms with Gasteiger partial charge in [-0.1, -0.05) is 54.6 Å². The van der Waals surface area contributed by atoms with E-state index in [4.69, 9.17) is 4.74 Å². The highest BCUT2D eigenvalue weighted by Gasteiger charge is 2.36. The summed E-state index contributed by atoms with van der Waals surface area (Å²) in [7, 11) is 1.37. The van der Waals surface area contributed by atoms with Gasteiger partial charge < -0.3 is 15.4 Å². The normalized spacial score (nSPS) is 19.7. The van der Waals surface area contributed by atoms with Crippen molar-refractivity contribution in [2.24, 2.45) is 0 Å². The van der Waals surface area contributed by atoms with E-state index < -0.39 is 0 Å². The van der Waals surface area contributed by atoms with E-state index >= 15 is 0 Å². The van der Waals surface area contributed by atoms with Crippen molar-refractivity contribution in [1.29, 1.82) is 0 Å². The van der Waals surface area contributed by atoms with Gasteiger partial charge in [0.15, 0.2) is 5.78 Å². The first-order chi connectivity index (χ1) is 15.6. The second kappa shape index (κ2) is 8.35. The van der Waals surface area contributed by atoms with Gasteiger partial charge in [0.1, 0.15) is 0 Å². The van der Waals surface area contributed by atoms with Crippen molar-refractivity contribution in [3.05, 3.63) is 107 Å². The maximum Gasteiger partial charge on any atom is 0.337 e. The first-order valence-electron chi connectivity index (χ1n) is 10.8. The number of fused-ring (bicyclic) bond motifs is 1. The van der Waals surface area contributed by atoms with E-state index in [0.29, 0.717) is 12.0 Å². The highest BCUT2D eigenvalue weighted by Crippen LogP contribution is 2.44. The highest BCUT2D eigenvalue weighted by molar-refractivity contribution is 6.01.